The fourth-order valence-electron chi connectivity index (χ4n) is 3.10. The highest BCUT2D eigenvalue weighted by Gasteiger charge is 2.36. The summed E-state index contributed by atoms with van der Waals surface area (Å²) in [6.45, 7) is 0.574. The summed E-state index contributed by atoms with van der Waals surface area (Å²) in [5.74, 6) is 0.318. The number of rotatable bonds is 3. The van der Waals surface area contributed by atoms with Crippen molar-refractivity contribution in [2.24, 2.45) is 5.92 Å². The van der Waals surface area contributed by atoms with Crippen molar-refractivity contribution < 1.29 is 9.59 Å². The molecule has 0 bridgehead atoms. The van der Waals surface area contributed by atoms with Crippen LogP contribution in [0.15, 0.2) is 32.0 Å². The lowest BCUT2D eigenvalue weighted by atomic mass is 9.89. The molecule has 0 aromatic heterocycles. The predicted molar refractivity (Wildman–Crippen MR) is 101 cm³/mol. The van der Waals surface area contributed by atoms with Crippen LogP contribution < -0.4 is 0 Å². The van der Waals surface area contributed by atoms with Crippen molar-refractivity contribution in [3.63, 3.8) is 0 Å². The van der Waals surface area contributed by atoms with Crippen molar-refractivity contribution in [3.8, 4) is 0 Å². The van der Waals surface area contributed by atoms with Gasteiger partial charge in [0, 0.05) is 15.5 Å². The van der Waals surface area contributed by atoms with Gasteiger partial charge in [-0.15, -0.1) is 0 Å². The van der Waals surface area contributed by atoms with Gasteiger partial charge in [0.15, 0.2) is 0 Å². The van der Waals surface area contributed by atoms with E-state index < -0.39 is 0 Å². The second-order valence-corrected chi connectivity index (χ2v) is 8.82. The van der Waals surface area contributed by atoms with Gasteiger partial charge in [0.25, 0.3) is 11.1 Å². The Bertz CT molecular complexity index is 648. The fourth-order valence-corrected chi connectivity index (χ4v) is 5.27. The summed E-state index contributed by atoms with van der Waals surface area (Å²) >= 11 is 7.92. The Kier molecular flexibility index (Phi) is 5.65. The van der Waals surface area contributed by atoms with Gasteiger partial charge in [-0.3, -0.25) is 14.5 Å². The van der Waals surface area contributed by atoms with Crippen LogP contribution in [-0.2, 0) is 4.79 Å². The standard InChI is InChI=1S/C17H17Br2NO2S/c18-13-6-12(7-14(19)9-13)8-15-16(21)20(17(22)23-15)10-11-4-2-1-3-5-11/h6-9,11H,1-5,10H2/b15-8-. The molecule has 1 aromatic rings. The van der Waals surface area contributed by atoms with Crippen molar-refractivity contribution >= 4 is 60.8 Å². The lowest BCUT2D eigenvalue weighted by Gasteiger charge is -2.25. The van der Waals surface area contributed by atoms with Crippen molar-refractivity contribution in [1.29, 1.82) is 0 Å². The highest BCUT2D eigenvalue weighted by molar-refractivity contribution is 9.11. The normalized spacial score (nSPS) is 21.5. The van der Waals surface area contributed by atoms with Crippen LogP contribution in [0.1, 0.15) is 37.7 Å². The third kappa shape index (κ3) is 4.28. The van der Waals surface area contributed by atoms with Crippen LogP contribution >= 0.6 is 43.6 Å². The van der Waals surface area contributed by atoms with Crippen LogP contribution in [0.5, 0.6) is 0 Å². The number of imide groups is 1. The van der Waals surface area contributed by atoms with E-state index in [1.165, 1.54) is 24.2 Å². The first-order valence-corrected chi connectivity index (χ1v) is 10.1. The predicted octanol–water partition coefficient (Wildman–Crippen LogP) is 5.83. The number of hydrogen-bond acceptors (Lipinski definition) is 3. The molecule has 1 aliphatic carbocycles. The van der Waals surface area contributed by atoms with E-state index >= 15 is 0 Å². The summed E-state index contributed by atoms with van der Waals surface area (Å²) in [4.78, 5) is 26.7. The van der Waals surface area contributed by atoms with E-state index in [0.717, 1.165) is 39.1 Å². The molecule has 2 fully saturated rings. The summed E-state index contributed by atoms with van der Waals surface area (Å²) in [5, 5.41) is -0.138. The smallest absolute Gasteiger partial charge is 0.268 e. The van der Waals surface area contributed by atoms with Crippen LogP contribution in [0.4, 0.5) is 4.79 Å². The Labute approximate surface area is 157 Å². The van der Waals surface area contributed by atoms with Crippen molar-refractivity contribution in [2.45, 2.75) is 32.1 Å². The van der Waals surface area contributed by atoms with E-state index in [0.29, 0.717) is 17.4 Å². The largest absolute Gasteiger partial charge is 0.293 e. The van der Waals surface area contributed by atoms with Crippen molar-refractivity contribution in [3.05, 3.63) is 37.6 Å². The molecular formula is C17H17Br2NO2S. The second kappa shape index (κ2) is 7.53. The number of thioether (sulfide) groups is 1. The van der Waals surface area contributed by atoms with Crippen LogP contribution in [0.3, 0.4) is 0 Å². The van der Waals surface area contributed by atoms with Gasteiger partial charge >= 0.3 is 0 Å². The lowest BCUT2D eigenvalue weighted by molar-refractivity contribution is -0.123. The van der Waals surface area contributed by atoms with Crippen molar-refractivity contribution in [2.75, 3.05) is 6.54 Å². The average molecular weight is 459 g/mol. The van der Waals surface area contributed by atoms with Gasteiger partial charge in [0.1, 0.15) is 0 Å². The zero-order valence-corrected chi connectivity index (χ0v) is 16.5. The maximum Gasteiger partial charge on any atom is 0.293 e. The SMILES string of the molecule is O=C1S/C(=C\c2cc(Br)cc(Br)c2)C(=O)N1CC1CCCCC1. The fraction of sp³-hybridized carbons (Fsp3) is 0.412. The lowest BCUT2D eigenvalue weighted by Crippen LogP contribution is -2.34. The molecule has 122 valence electrons. The molecule has 1 saturated heterocycles. The molecule has 6 heteroatoms. The molecule has 2 aliphatic rings. The minimum atomic E-state index is -0.151. The van der Waals surface area contributed by atoms with Gasteiger partial charge in [-0.2, -0.15) is 0 Å². The zero-order chi connectivity index (χ0) is 16.4. The summed E-state index contributed by atoms with van der Waals surface area (Å²) in [5.41, 5.74) is 0.898. The number of benzene rings is 1. The highest BCUT2D eigenvalue weighted by Crippen LogP contribution is 2.35. The first kappa shape index (κ1) is 17.2. The minimum Gasteiger partial charge on any atom is -0.268 e. The highest BCUT2D eigenvalue weighted by atomic mass is 79.9. The van der Waals surface area contributed by atoms with E-state index in [2.05, 4.69) is 31.9 Å². The van der Waals surface area contributed by atoms with Crippen LogP contribution in [0.25, 0.3) is 6.08 Å². The first-order chi connectivity index (χ1) is 11.0. The Morgan fingerprint density at radius 2 is 1.74 bits per heavy atom. The quantitative estimate of drug-likeness (QED) is 0.534. The molecule has 1 heterocycles. The summed E-state index contributed by atoms with van der Waals surface area (Å²) in [6, 6.07) is 5.80. The summed E-state index contributed by atoms with van der Waals surface area (Å²) < 4.78 is 1.86. The van der Waals surface area contributed by atoms with Gasteiger partial charge in [-0.1, -0.05) is 51.1 Å². The molecule has 0 N–H and O–H groups in total. The van der Waals surface area contributed by atoms with Gasteiger partial charge < -0.3 is 0 Å². The van der Waals surface area contributed by atoms with Crippen LogP contribution in [0, 0.1) is 5.92 Å². The number of carbonyl (C=O) groups excluding carboxylic acids is 2. The Morgan fingerprint density at radius 1 is 1.09 bits per heavy atom. The maximum atomic E-state index is 12.6. The molecule has 1 aromatic carbocycles. The molecule has 23 heavy (non-hydrogen) atoms. The van der Waals surface area contributed by atoms with E-state index in [1.54, 1.807) is 6.08 Å². The molecule has 0 atom stereocenters. The van der Waals surface area contributed by atoms with Gasteiger partial charge in [-0.25, -0.2) is 0 Å². The third-order valence-corrected chi connectivity index (χ3v) is 6.04. The number of halogens is 2. The second-order valence-electron chi connectivity index (χ2n) is 6.00. The molecular weight excluding hydrogens is 442 g/mol. The van der Waals surface area contributed by atoms with Crippen molar-refractivity contribution in [1.82, 2.24) is 4.90 Å². The van der Waals surface area contributed by atoms with Gasteiger partial charge in [-0.05, 0) is 60.4 Å². The maximum absolute atomic E-state index is 12.6. The van der Waals surface area contributed by atoms with E-state index in [9.17, 15) is 9.59 Å². The van der Waals surface area contributed by atoms with Gasteiger partial charge in [0.05, 0.1) is 4.91 Å². The molecule has 1 aliphatic heterocycles. The molecule has 0 radical (unpaired) electrons. The third-order valence-electron chi connectivity index (χ3n) is 4.22. The van der Waals surface area contributed by atoms with Gasteiger partial charge in [0.2, 0.25) is 0 Å². The van der Waals surface area contributed by atoms with E-state index in [1.807, 2.05) is 18.2 Å². The number of nitrogens with zero attached hydrogens (tertiary/aromatic N) is 1. The Balaban J connectivity index is 1.76. The Hall–Kier alpha value is -0.590. The average Bonchev–Trinajstić information content (AvgIpc) is 2.75. The molecule has 3 nitrogen and oxygen atoms in total. The number of carbonyl (C=O) groups is 2. The minimum absolute atomic E-state index is 0.138. The molecule has 1 saturated carbocycles. The topological polar surface area (TPSA) is 37.4 Å². The number of amides is 2. The first-order valence-electron chi connectivity index (χ1n) is 7.74. The van der Waals surface area contributed by atoms with Crippen LogP contribution in [-0.4, -0.2) is 22.6 Å². The summed E-state index contributed by atoms with van der Waals surface area (Å²) in [7, 11) is 0. The number of hydrogen-bond donors (Lipinski definition) is 0. The summed E-state index contributed by atoms with van der Waals surface area (Å²) in [6.07, 6.45) is 7.74. The monoisotopic (exact) mass is 457 g/mol. The van der Waals surface area contributed by atoms with E-state index in [4.69, 9.17) is 0 Å². The molecule has 0 spiro atoms. The Morgan fingerprint density at radius 3 is 2.39 bits per heavy atom. The molecule has 0 unspecified atom stereocenters. The zero-order valence-electron chi connectivity index (χ0n) is 12.6. The van der Waals surface area contributed by atoms with Crippen LogP contribution in [0.2, 0.25) is 0 Å². The molecule has 3 rings (SSSR count). The van der Waals surface area contributed by atoms with E-state index in [-0.39, 0.29) is 11.1 Å². The molecule has 2 amide bonds.